The van der Waals surface area contributed by atoms with Crippen molar-refractivity contribution in [1.82, 2.24) is 0 Å². The molecule has 0 saturated heterocycles. The van der Waals surface area contributed by atoms with Gasteiger partial charge in [-0.2, -0.15) is 0 Å². The first kappa shape index (κ1) is 58.2. The van der Waals surface area contributed by atoms with Crippen molar-refractivity contribution < 1.29 is 32.8 Å². The highest BCUT2D eigenvalue weighted by Crippen LogP contribution is 2.43. The number of ether oxygens (including phenoxy) is 2. The number of phosphoric acid groups is 1. The fourth-order valence-electron chi connectivity index (χ4n) is 5.95. The molecule has 0 fully saturated rings. The molecule has 0 aromatic rings. The maximum atomic E-state index is 12.6. The number of phosphoric ester groups is 1. The average Bonchev–Trinajstić information content (AvgIpc) is 3.25. The number of nitrogens with two attached hydrogens (primary N) is 1. The van der Waals surface area contributed by atoms with Gasteiger partial charge in [0.1, 0.15) is 6.10 Å². The molecule has 0 bridgehead atoms. The van der Waals surface area contributed by atoms with Crippen LogP contribution in [0.3, 0.4) is 0 Å². The van der Waals surface area contributed by atoms with Crippen LogP contribution in [-0.2, 0) is 27.9 Å². The van der Waals surface area contributed by atoms with E-state index >= 15 is 0 Å². The molecule has 0 aliphatic rings. The van der Waals surface area contributed by atoms with Crippen molar-refractivity contribution in [2.75, 3.05) is 33.0 Å². The van der Waals surface area contributed by atoms with Gasteiger partial charge in [-0.3, -0.25) is 13.8 Å². The molecule has 8 nitrogen and oxygen atoms in total. The number of carbonyl (C=O) groups is 1. The first-order chi connectivity index (χ1) is 29.9. The second-order valence-electron chi connectivity index (χ2n) is 15.2. The zero-order valence-electron chi connectivity index (χ0n) is 38.6. The van der Waals surface area contributed by atoms with E-state index in [9.17, 15) is 14.3 Å². The minimum Gasteiger partial charge on any atom is -0.457 e. The highest BCUT2D eigenvalue weighted by Gasteiger charge is 2.25. The van der Waals surface area contributed by atoms with Crippen LogP contribution in [0.4, 0.5) is 0 Å². The molecule has 0 rings (SSSR count). The third kappa shape index (κ3) is 48.1. The van der Waals surface area contributed by atoms with Gasteiger partial charge in [-0.1, -0.05) is 175 Å². The predicted octanol–water partition coefficient (Wildman–Crippen LogP) is 14.8. The van der Waals surface area contributed by atoms with Crippen LogP contribution in [0.2, 0.25) is 0 Å². The molecular weight excluding hydrogens is 782 g/mol. The number of allylic oxidation sites excluding steroid dienone is 18. The lowest BCUT2D eigenvalue weighted by molar-refractivity contribution is -0.154. The fraction of sp³-hybridized carbons (Fsp3) is 0.635. The first-order valence-corrected chi connectivity index (χ1v) is 25.4. The number of rotatable bonds is 44. The Bertz CT molecular complexity index is 1300. The first-order valence-electron chi connectivity index (χ1n) is 23.9. The SMILES string of the molecule is CC/C=C\C/C=C\C/C=C\C/C=C\C/C=C\C/C=C\C/C=C\CCCCOCC(COP(=O)(O)OCCN)OC(=O)CCCCCCCCC/C=C\C/C=C\CCCCCC. The van der Waals surface area contributed by atoms with Crippen molar-refractivity contribution in [2.45, 2.75) is 180 Å². The summed E-state index contributed by atoms with van der Waals surface area (Å²) in [5.41, 5.74) is 5.38. The number of carbonyl (C=O) groups excluding carboxylic acids is 1. The van der Waals surface area contributed by atoms with E-state index in [4.69, 9.17) is 24.3 Å². The normalized spacial score (nSPS) is 14.4. The molecule has 3 N–H and O–H groups in total. The molecule has 0 aromatic carbocycles. The summed E-state index contributed by atoms with van der Waals surface area (Å²) in [6.07, 6.45) is 65.5. The molecular formula is C52H88NO7P. The van der Waals surface area contributed by atoms with Gasteiger partial charge in [-0.25, -0.2) is 4.57 Å². The van der Waals surface area contributed by atoms with E-state index in [0.717, 1.165) is 103 Å². The summed E-state index contributed by atoms with van der Waals surface area (Å²) >= 11 is 0. The van der Waals surface area contributed by atoms with Gasteiger partial charge in [0.15, 0.2) is 0 Å². The minimum absolute atomic E-state index is 0.0756. The van der Waals surface area contributed by atoms with Gasteiger partial charge >= 0.3 is 13.8 Å². The van der Waals surface area contributed by atoms with Gasteiger partial charge < -0.3 is 20.1 Å². The lowest BCUT2D eigenvalue weighted by Crippen LogP contribution is -2.28. The van der Waals surface area contributed by atoms with Gasteiger partial charge in [0.25, 0.3) is 0 Å². The van der Waals surface area contributed by atoms with Crippen LogP contribution in [0.1, 0.15) is 174 Å². The molecule has 2 unspecified atom stereocenters. The van der Waals surface area contributed by atoms with Crippen molar-refractivity contribution in [3.8, 4) is 0 Å². The molecule has 0 aromatic heterocycles. The molecule has 2 atom stereocenters. The van der Waals surface area contributed by atoms with Crippen LogP contribution in [0.15, 0.2) is 109 Å². The lowest BCUT2D eigenvalue weighted by Gasteiger charge is -2.20. The summed E-state index contributed by atoms with van der Waals surface area (Å²) in [5, 5.41) is 0. The molecule has 348 valence electrons. The van der Waals surface area contributed by atoms with E-state index in [-0.39, 0.29) is 32.3 Å². The van der Waals surface area contributed by atoms with Crippen molar-refractivity contribution in [1.29, 1.82) is 0 Å². The van der Waals surface area contributed by atoms with Gasteiger partial charge in [-0.15, -0.1) is 0 Å². The van der Waals surface area contributed by atoms with Crippen LogP contribution >= 0.6 is 7.82 Å². The number of hydrogen-bond donors (Lipinski definition) is 2. The standard InChI is InChI=1S/C52H88NO7P/c1-3-5-7-9-11-13-15-17-19-21-23-24-25-26-27-28-30-32-34-36-38-40-42-44-47-57-49-51(50-59-61(55,56)58-48-46-53)60-52(54)45-43-41-39-37-35-33-31-29-22-20-18-16-14-12-10-8-6-4-2/h5,7,11,13-14,16-17,19-20,22-24,26-27,30,32,36,38,51H,3-4,6,8-10,12,15,18,21,25,28-29,31,33-35,37,39-50,53H2,1-2H3,(H,55,56)/b7-5-,13-11-,16-14-,19-17-,22-20-,24-23-,27-26-,32-30-,38-36-. The number of unbranched alkanes of at least 4 members (excludes halogenated alkanes) is 13. The molecule has 0 heterocycles. The maximum absolute atomic E-state index is 12.6. The predicted molar refractivity (Wildman–Crippen MR) is 261 cm³/mol. The van der Waals surface area contributed by atoms with Crippen molar-refractivity contribution in [3.05, 3.63) is 109 Å². The third-order valence-electron chi connectivity index (χ3n) is 9.42. The number of esters is 1. The summed E-state index contributed by atoms with van der Waals surface area (Å²) in [5.74, 6) is -0.358. The lowest BCUT2D eigenvalue weighted by atomic mass is 10.1. The number of hydrogen-bond acceptors (Lipinski definition) is 7. The van der Waals surface area contributed by atoms with Crippen molar-refractivity contribution >= 4 is 13.8 Å². The molecule has 0 aliphatic carbocycles. The Labute approximate surface area is 373 Å². The molecule has 0 radical (unpaired) electrons. The quantitative estimate of drug-likeness (QED) is 0.0269. The largest absolute Gasteiger partial charge is 0.472 e. The Hall–Kier alpha value is -2.84. The maximum Gasteiger partial charge on any atom is 0.472 e. The van der Waals surface area contributed by atoms with Crippen LogP contribution in [-0.4, -0.2) is 49.9 Å². The summed E-state index contributed by atoms with van der Waals surface area (Å²) in [7, 11) is -4.30. The zero-order chi connectivity index (χ0) is 44.4. The average molecular weight is 870 g/mol. The van der Waals surface area contributed by atoms with Gasteiger partial charge in [0.05, 0.1) is 19.8 Å². The smallest absolute Gasteiger partial charge is 0.457 e. The summed E-state index contributed by atoms with van der Waals surface area (Å²) in [6.45, 7) is 4.64. The molecule has 0 spiro atoms. The van der Waals surface area contributed by atoms with Crippen LogP contribution in [0.25, 0.3) is 0 Å². The van der Waals surface area contributed by atoms with E-state index in [0.29, 0.717) is 13.0 Å². The van der Waals surface area contributed by atoms with Crippen molar-refractivity contribution in [2.24, 2.45) is 5.73 Å². The van der Waals surface area contributed by atoms with E-state index in [2.05, 4.69) is 123 Å². The molecule has 0 amide bonds. The summed E-state index contributed by atoms with van der Waals surface area (Å²) in [4.78, 5) is 22.5. The zero-order valence-corrected chi connectivity index (χ0v) is 39.5. The van der Waals surface area contributed by atoms with E-state index in [1.54, 1.807) is 0 Å². The van der Waals surface area contributed by atoms with Gasteiger partial charge in [0.2, 0.25) is 0 Å². The van der Waals surface area contributed by atoms with Crippen LogP contribution < -0.4 is 5.73 Å². The molecule has 0 saturated carbocycles. The Morgan fingerprint density at radius 1 is 0.508 bits per heavy atom. The fourth-order valence-corrected chi connectivity index (χ4v) is 6.71. The Morgan fingerprint density at radius 2 is 0.918 bits per heavy atom. The van der Waals surface area contributed by atoms with E-state index in [1.165, 1.54) is 51.4 Å². The monoisotopic (exact) mass is 870 g/mol. The van der Waals surface area contributed by atoms with Gasteiger partial charge in [0, 0.05) is 19.6 Å². The molecule has 9 heteroatoms. The van der Waals surface area contributed by atoms with Crippen molar-refractivity contribution in [3.63, 3.8) is 0 Å². The summed E-state index contributed by atoms with van der Waals surface area (Å²) < 4.78 is 33.5. The molecule has 61 heavy (non-hydrogen) atoms. The van der Waals surface area contributed by atoms with Crippen LogP contribution in [0, 0.1) is 0 Å². The van der Waals surface area contributed by atoms with E-state index in [1.807, 2.05) is 0 Å². The topological polar surface area (TPSA) is 117 Å². The summed E-state index contributed by atoms with van der Waals surface area (Å²) in [6, 6.07) is 0. The molecule has 0 aliphatic heterocycles. The highest BCUT2D eigenvalue weighted by atomic mass is 31.2. The van der Waals surface area contributed by atoms with Crippen LogP contribution in [0.5, 0.6) is 0 Å². The second kappa shape index (κ2) is 48.2. The Balaban J connectivity index is 4.14. The van der Waals surface area contributed by atoms with E-state index < -0.39 is 13.9 Å². The second-order valence-corrected chi connectivity index (χ2v) is 16.7. The highest BCUT2D eigenvalue weighted by molar-refractivity contribution is 7.47. The third-order valence-corrected chi connectivity index (χ3v) is 10.4. The minimum atomic E-state index is -4.30. The van der Waals surface area contributed by atoms with Gasteiger partial charge in [-0.05, 0) is 103 Å². The Morgan fingerprint density at radius 3 is 1.38 bits per heavy atom. The Kier molecular flexibility index (Phi) is 46.0.